The SMILES string of the molecule is Cc1ccc(N2C(=O)c3ccc(-c4nc(-c5nonc5N)no4)cc3C2=O)cc1. The normalized spacial score (nSPS) is 13.2. The first kappa shape index (κ1) is 16.8. The van der Waals surface area contributed by atoms with Crippen molar-refractivity contribution >= 4 is 23.3 Å². The van der Waals surface area contributed by atoms with Gasteiger partial charge in [0.25, 0.3) is 17.7 Å². The van der Waals surface area contributed by atoms with Crippen LogP contribution in [0.5, 0.6) is 0 Å². The van der Waals surface area contributed by atoms with E-state index >= 15 is 0 Å². The fraction of sp³-hybridized carbons (Fsp3) is 0.0526. The second-order valence-electron chi connectivity index (χ2n) is 6.46. The summed E-state index contributed by atoms with van der Waals surface area (Å²) in [7, 11) is 0. The Morgan fingerprint density at radius 2 is 1.69 bits per heavy atom. The van der Waals surface area contributed by atoms with Crippen LogP contribution >= 0.6 is 0 Å². The summed E-state index contributed by atoms with van der Waals surface area (Å²) >= 11 is 0. The van der Waals surface area contributed by atoms with Crippen LogP contribution in [0.4, 0.5) is 11.5 Å². The minimum Gasteiger partial charge on any atom is -0.379 e. The molecular formula is C19H12N6O4. The van der Waals surface area contributed by atoms with Gasteiger partial charge in [-0.1, -0.05) is 22.9 Å². The average Bonchev–Trinajstić information content (AvgIpc) is 3.42. The number of rotatable bonds is 3. The van der Waals surface area contributed by atoms with E-state index in [1.165, 1.54) is 0 Å². The van der Waals surface area contributed by atoms with E-state index in [1.807, 2.05) is 19.1 Å². The van der Waals surface area contributed by atoms with Crippen molar-refractivity contribution in [2.24, 2.45) is 0 Å². The van der Waals surface area contributed by atoms with E-state index in [-0.39, 0.29) is 34.7 Å². The lowest BCUT2D eigenvalue weighted by molar-refractivity contribution is 0.0926. The molecule has 2 aromatic carbocycles. The lowest BCUT2D eigenvalue weighted by atomic mass is 10.1. The van der Waals surface area contributed by atoms with E-state index in [0.717, 1.165) is 10.5 Å². The van der Waals surface area contributed by atoms with Crippen LogP contribution < -0.4 is 10.6 Å². The standard InChI is InChI=1S/C19H12N6O4/c1-9-2-5-11(6-3-9)25-18(26)12-7-4-10(8-13(12)19(25)27)17-21-16(24-28-17)14-15(20)23-29-22-14/h2-8H,1H3,(H2,20,23). The van der Waals surface area contributed by atoms with Crippen LogP contribution in [0.1, 0.15) is 26.3 Å². The van der Waals surface area contributed by atoms with Crippen molar-refractivity contribution < 1.29 is 18.7 Å². The van der Waals surface area contributed by atoms with Gasteiger partial charge in [-0.3, -0.25) is 9.59 Å². The zero-order chi connectivity index (χ0) is 20.1. The van der Waals surface area contributed by atoms with Gasteiger partial charge < -0.3 is 10.3 Å². The maximum Gasteiger partial charge on any atom is 0.266 e. The summed E-state index contributed by atoms with van der Waals surface area (Å²) in [4.78, 5) is 31.0. The molecule has 3 heterocycles. The number of anilines is 2. The third-order valence-corrected chi connectivity index (χ3v) is 4.58. The Kier molecular flexibility index (Phi) is 3.53. The molecule has 0 fully saturated rings. The first-order valence-corrected chi connectivity index (χ1v) is 8.55. The summed E-state index contributed by atoms with van der Waals surface area (Å²) in [5, 5.41) is 10.9. The van der Waals surface area contributed by atoms with Gasteiger partial charge in [-0.2, -0.15) is 4.98 Å². The number of carbonyl (C=O) groups excluding carboxylic acids is 2. The Morgan fingerprint density at radius 3 is 2.41 bits per heavy atom. The van der Waals surface area contributed by atoms with E-state index in [4.69, 9.17) is 10.3 Å². The third-order valence-electron chi connectivity index (χ3n) is 4.58. The molecule has 2 aromatic heterocycles. The number of hydrogen-bond acceptors (Lipinski definition) is 9. The monoisotopic (exact) mass is 388 g/mol. The van der Waals surface area contributed by atoms with Crippen LogP contribution in [-0.2, 0) is 0 Å². The minimum absolute atomic E-state index is 0.0285. The number of nitrogens with zero attached hydrogens (tertiary/aromatic N) is 5. The zero-order valence-corrected chi connectivity index (χ0v) is 15.0. The summed E-state index contributed by atoms with van der Waals surface area (Å²) in [6.45, 7) is 1.93. The van der Waals surface area contributed by atoms with Gasteiger partial charge >= 0.3 is 0 Å². The molecule has 2 N–H and O–H groups in total. The van der Waals surface area contributed by atoms with Gasteiger partial charge in [0.15, 0.2) is 11.5 Å². The average molecular weight is 388 g/mol. The molecule has 0 radical (unpaired) electrons. The van der Waals surface area contributed by atoms with Gasteiger partial charge in [0.05, 0.1) is 16.8 Å². The number of aryl methyl sites for hydroxylation is 1. The van der Waals surface area contributed by atoms with Crippen LogP contribution in [0.15, 0.2) is 51.6 Å². The molecule has 4 aromatic rings. The van der Waals surface area contributed by atoms with Crippen molar-refractivity contribution in [3.05, 3.63) is 59.2 Å². The van der Waals surface area contributed by atoms with Crippen molar-refractivity contribution in [1.29, 1.82) is 0 Å². The van der Waals surface area contributed by atoms with E-state index in [2.05, 4.69) is 25.1 Å². The number of carbonyl (C=O) groups is 2. The summed E-state index contributed by atoms with van der Waals surface area (Å²) in [6.07, 6.45) is 0. The molecule has 0 aliphatic carbocycles. The molecule has 0 saturated heterocycles. The van der Waals surface area contributed by atoms with E-state index in [1.54, 1.807) is 30.3 Å². The first-order chi connectivity index (χ1) is 14.0. The predicted molar refractivity (Wildman–Crippen MR) is 99.8 cm³/mol. The van der Waals surface area contributed by atoms with Gasteiger partial charge in [-0.05, 0) is 47.6 Å². The fourth-order valence-electron chi connectivity index (χ4n) is 3.09. The van der Waals surface area contributed by atoms with Crippen molar-refractivity contribution in [2.45, 2.75) is 6.92 Å². The first-order valence-electron chi connectivity index (χ1n) is 8.55. The molecule has 2 amide bonds. The summed E-state index contributed by atoms with van der Waals surface area (Å²) in [6, 6.07) is 11.9. The highest BCUT2D eigenvalue weighted by atomic mass is 16.6. The number of nitrogens with two attached hydrogens (primary N) is 1. The van der Waals surface area contributed by atoms with Gasteiger partial charge in [0, 0.05) is 5.56 Å². The summed E-state index contributed by atoms with van der Waals surface area (Å²) in [5.74, 6) is -0.531. The number of amides is 2. The van der Waals surface area contributed by atoms with Gasteiger partial charge in [0.2, 0.25) is 5.82 Å². The van der Waals surface area contributed by atoms with Crippen LogP contribution in [0.25, 0.3) is 23.0 Å². The number of aromatic nitrogens is 4. The molecule has 10 nitrogen and oxygen atoms in total. The third kappa shape index (κ3) is 2.57. The fourth-order valence-corrected chi connectivity index (χ4v) is 3.09. The lowest BCUT2D eigenvalue weighted by Crippen LogP contribution is -2.29. The molecule has 0 unspecified atom stereocenters. The zero-order valence-electron chi connectivity index (χ0n) is 15.0. The molecule has 142 valence electrons. The van der Waals surface area contributed by atoms with E-state index in [0.29, 0.717) is 16.8 Å². The van der Waals surface area contributed by atoms with Gasteiger partial charge in [0.1, 0.15) is 0 Å². The Morgan fingerprint density at radius 1 is 0.931 bits per heavy atom. The molecule has 29 heavy (non-hydrogen) atoms. The molecule has 1 aliphatic heterocycles. The second kappa shape index (κ2) is 6.09. The number of hydrogen-bond donors (Lipinski definition) is 1. The molecule has 5 rings (SSSR count). The molecule has 0 atom stereocenters. The maximum absolute atomic E-state index is 12.9. The number of fused-ring (bicyclic) bond motifs is 1. The molecule has 10 heteroatoms. The smallest absolute Gasteiger partial charge is 0.266 e. The quantitative estimate of drug-likeness (QED) is 0.524. The molecule has 1 aliphatic rings. The molecule has 0 saturated carbocycles. The highest BCUT2D eigenvalue weighted by Gasteiger charge is 2.37. The Labute approximate surface area is 162 Å². The molecule has 0 bridgehead atoms. The van der Waals surface area contributed by atoms with Crippen LogP contribution in [0, 0.1) is 6.92 Å². The summed E-state index contributed by atoms with van der Waals surface area (Å²) in [5.41, 5.74) is 8.37. The Bertz CT molecular complexity index is 1270. The van der Waals surface area contributed by atoms with Gasteiger partial charge in [-0.15, -0.1) is 0 Å². The van der Waals surface area contributed by atoms with E-state index < -0.39 is 5.91 Å². The highest BCUT2D eigenvalue weighted by molar-refractivity contribution is 6.34. The predicted octanol–water partition coefficient (Wildman–Crippen LogP) is 2.48. The Balaban J connectivity index is 1.51. The number of nitrogen functional groups attached to an aromatic ring is 1. The lowest BCUT2D eigenvalue weighted by Gasteiger charge is -2.13. The molecule has 0 spiro atoms. The topological polar surface area (TPSA) is 141 Å². The Hall–Kier alpha value is -4.34. The van der Waals surface area contributed by atoms with Crippen molar-refractivity contribution in [3.63, 3.8) is 0 Å². The minimum atomic E-state index is -0.416. The number of benzene rings is 2. The van der Waals surface area contributed by atoms with Gasteiger partial charge in [-0.25, -0.2) is 9.53 Å². The highest BCUT2D eigenvalue weighted by Crippen LogP contribution is 2.32. The summed E-state index contributed by atoms with van der Waals surface area (Å²) < 4.78 is 9.77. The number of imide groups is 1. The molecular weight excluding hydrogens is 376 g/mol. The largest absolute Gasteiger partial charge is 0.379 e. The van der Waals surface area contributed by atoms with Crippen molar-refractivity contribution in [3.8, 4) is 23.0 Å². The van der Waals surface area contributed by atoms with E-state index in [9.17, 15) is 9.59 Å². The van der Waals surface area contributed by atoms with Crippen molar-refractivity contribution in [2.75, 3.05) is 10.6 Å². The van der Waals surface area contributed by atoms with Crippen molar-refractivity contribution in [1.82, 2.24) is 20.5 Å². The second-order valence-corrected chi connectivity index (χ2v) is 6.46. The van der Waals surface area contributed by atoms with Crippen LogP contribution in [-0.4, -0.2) is 32.3 Å². The van der Waals surface area contributed by atoms with Crippen LogP contribution in [0.3, 0.4) is 0 Å². The van der Waals surface area contributed by atoms with Crippen LogP contribution in [0.2, 0.25) is 0 Å². The maximum atomic E-state index is 12.9.